The van der Waals surface area contributed by atoms with Gasteiger partial charge in [-0.05, 0) is 42.5 Å². The smallest absolute Gasteiger partial charge is 0.337 e. The Balaban J connectivity index is 1.88. The van der Waals surface area contributed by atoms with Crippen LogP contribution in [0.1, 0.15) is 10.4 Å². The molecule has 3 rings (SSSR count). The number of nitrogens with zero attached hydrogens (tertiary/aromatic N) is 1. The predicted octanol–water partition coefficient (Wildman–Crippen LogP) is 1.95. The molecule has 0 aliphatic carbocycles. The Hall–Kier alpha value is -2.18. The van der Waals surface area contributed by atoms with E-state index < -0.39 is 26.0 Å². The van der Waals surface area contributed by atoms with Crippen LogP contribution in [0.25, 0.3) is 0 Å². The second kappa shape index (κ2) is 8.90. The summed E-state index contributed by atoms with van der Waals surface area (Å²) >= 11 is 6.09. The topological polar surface area (TPSA) is 119 Å². The third kappa shape index (κ3) is 4.76. The summed E-state index contributed by atoms with van der Waals surface area (Å²) in [5.41, 5.74) is 0.227. The lowest BCUT2D eigenvalue weighted by Crippen LogP contribution is -2.40. The fourth-order valence-corrected chi connectivity index (χ4v) is 5.75. The standard InChI is InChI=1S/C18H19ClN2O7S2/c1-27-18(22)13-2-5-15(6-3-13)29(23,24)20-14-4-7-16(19)17(12-14)30(25,26)21-8-10-28-11-9-21/h2-7,12,20H,8-11H2,1H3. The lowest BCUT2D eigenvalue weighted by molar-refractivity contribution is 0.0600. The Bertz CT molecular complexity index is 1140. The normalized spacial score (nSPS) is 15.5. The van der Waals surface area contributed by atoms with E-state index in [9.17, 15) is 21.6 Å². The number of methoxy groups -OCH3 is 1. The van der Waals surface area contributed by atoms with Crippen LogP contribution in [-0.4, -0.2) is 60.5 Å². The highest BCUT2D eigenvalue weighted by Gasteiger charge is 2.29. The first-order valence-electron chi connectivity index (χ1n) is 8.74. The number of carbonyl (C=O) groups excluding carboxylic acids is 1. The summed E-state index contributed by atoms with van der Waals surface area (Å²) in [7, 11) is -6.73. The number of ether oxygens (including phenoxy) is 2. The summed E-state index contributed by atoms with van der Waals surface area (Å²) in [4.78, 5) is 11.2. The van der Waals surface area contributed by atoms with Crippen LogP contribution in [0, 0.1) is 0 Å². The van der Waals surface area contributed by atoms with Gasteiger partial charge in [0.25, 0.3) is 10.0 Å². The van der Waals surface area contributed by atoms with Crippen molar-refractivity contribution in [1.29, 1.82) is 0 Å². The zero-order valence-corrected chi connectivity index (χ0v) is 18.3. The van der Waals surface area contributed by atoms with E-state index in [4.69, 9.17) is 16.3 Å². The second-order valence-electron chi connectivity index (χ2n) is 6.28. The Morgan fingerprint density at radius 2 is 1.70 bits per heavy atom. The van der Waals surface area contributed by atoms with Crippen LogP contribution in [0.3, 0.4) is 0 Å². The fraction of sp³-hybridized carbons (Fsp3) is 0.278. The van der Waals surface area contributed by atoms with Gasteiger partial charge in [0.1, 0.15) is 4.90 Å². The lowest BCUT2D eigenvalue weighted by Gasteiger charge is -2.26. The third-order valence-corrected chi connectivity index (χ3v) is 8.13. The van der Waals surface area contributed by atoms with Crippen molar-refractivity contribution in [1.82, 2.24) is 4.31 Å². The van der Waals surface area contributed by atoms with Crippen molar-refractivity contribution >= 4 is 43.3 Å². The van der Waals surface area contributed by atoms with E-state index in [2.05, 4.69) is 9.46 Å². The largest absolute Gasteiger partial charge is 0.465 e. The maximum Gasteiger partial charge on any atom is 0.337 e. The Kier molecular flexibility index (Phi) is 6.68. The first-order chi connectivity index (χ1) is 14.1. The van der Waals surface area contributed by atoms with Gasteiger partial charge in [-0.2, -0.15) is 4.31 Å². The van der Waals surface area contributed by atoms with Gasteiger partial charge in [0.15, 0.2) is 0 Å². The van der Waals surface area contributed by atoms with Crippen LogP contribution < -0.4 is 4.72 Å². The molecule has 9 nitrogen and oxygen atoms in total. The Morgan fingerprint density at radius 3 is 2.30 bits per heavy atom. The van der Waals surface area contributed by atoms with Gasteiger partial charge in [-0.15, -0.1) is 0 Å². The monoisotopic (exact) mass is 474 g/mol. The number of hydrogen-bond acceptors (Lipinski definition) is 7. The molecular weight excluding hydrogens is 456 g/mol. The average Bonchev–Trinajstić information content (AvgIpc) is 2.75. The molecule has 12 heteroatoms. The first-order valence-corrected chi connectivity index (χ1v) is 12.0. The highest BCUT2D eigenvalue weighted by Crippen LogP contribution is 2.29. The van der Waals surface area contributed by atoms with Crippen LogP contribution in [0.5, 0.6) is 0 Å². The molecule has 0 spiro atoms. The van der Waals surface area contributed by atoms with Crippen LogP contribution >= 0.6 is 11.6 Å². The number of esters is 1. The van der Waals surface area contributed by atoms with E-state index in [0.29, 0.717) is 0 Å². The summed E-state index contributed by atoms with van der Waals surface area (Å²) in [5.74, 6) is -0.595. The molecule has 0 atom stereocenters. The van der Waals surface area contributed by atoms with Gasteiger partial charge in [0.05, 0.1) is 41.5 Å². The SMILES string of the molecule is COC(=O)c1ccc(S(=O)(=O)Nc2ccc(Cl)c(S(=O)(=O)N3CCOCC3)c2)cc1. The predicted molar refractivity (Wildman–Crippen MR) is 110 cm³/mol. The highest BCUT2D eigenvalue weighted by atomic mass is 35.5. The highest BCUT2D eigenvalue weighted by molar-refractivity contribution is 7.92. The zero-order chi connectivity index (χ0) is 21.9. The minimum absolute atomic E-state index is 0.0214. The summed E-state index contributed by atoms with van der Waals surface area (Å²) in [5, 5.41) is -0.0214. The number of nitrogens with one attached hydrogen (secondary N) is 1. The number of morpholine rings is 1. The molecule has 2 aromatic rings. The molecule has 2 aromatic carbocycles. The fourth-order valence-electron chi connectivity index (χ4n) is 2.79. The van der Waals surface area contributed by atoms with Crippen molar-refractivity contribution in [3.8, 4) is 0 Å². The second-order valence-corrected chi connectivity index (χ2v) is 10.3. The van der Waals surface area contributed by atoms with Crippen molar-refractivity contribution in [3.63, 3.8) is 0 Å². The molecule has 0 saturated carbocycles. The number of carbonyl (C=O) groups is 1. The molecule has 0 bridgehead atoms. The van der Waals surface area contributed by atoms with E-state index in [1.165, 1.54) is 53.9 Å². The molecule has 162 valence electrons. The van der Waals surface area contributed by atoms with Gasteiger partial charge in [0, 0.05) is 13.1 Å². The van der Waals surface area contributed by atoms with E-state index in [1.54, 1.807) is 0 Å². The number of sulfonamides is 2. The third-order valence-electron chi connectivity index (χ3n) is 4.36. The molecule has 1 N–H and O–H groups in total. The Labute approximate surface area is 179 Å². The van der Waals surface area contributed by atoms with Crippen molar-refractivity contribution < 1.29 is 31.1 Å². The summed E-state index contributed by atoms with van der Waals surface area (Å²) in [6.45, 7) is 0.901. The van der Waals surface area contributed by atoms with Crippen molar-refractivity contribution in [2.45, 2.75) is 9.79 Å². The summed E-state index contributed by atoms with van der Waals surface area (Å²) < 4.78 is 64.4. The maximum atomic E-state index is 12.9. The maximum absolute atomic E-state index is 12.9. The van der Waals surface area contributed by atoms with Crippen LogP contribution in [-0.2, 0) is 29.5 Å². The van der Waals surface area contributed by atoms with Crippen LogP contribution in [0.4, 0.5) is 5.69 Å². The van der Waals surface area contributed by atoms with Gasteiger partial charge in [-0.3, -0.25) is 4.72 Å². The number of rotatable bonds is 6. The van der Waals surface area contributed by atoms with Gasteiger partial charge in [0.2, 0.25) is 10.0 Å². The number of anilines is 1. The molecular formula is C18H19ClN2O7S2. The Morgan fingerprint density at radius 1 is 1.07 bits per heavy atom. The summed E-state index contributed by atoms with van der Waals surface area (Å²) in [6, 6.07) is 8.97. The van der Waals surface area contributed by atoms with E-state index in [1.807, 2.05) is 0 Å². The number of hydrogen-bond donors (Lipinski definition) is 1. The van der Waals surface area contributed by atoms with E-state index in [-0.39, 0.29) is 52.4 Å². The molecule has 1 aliphatic heterocycles. The molecule has 0 aromatic heterocycles. The number of halogens is 1. The minimum atomic E-state index is -4.04. The first kappa shape index (κ1) is 22.5. The molecule has 0 amide bonds. The van der Waals surface area contributed by atoms with Gasteiger partial charge in [-0.25, -0.2) is 21.6 Å². The minimum Gasteiger partial charge on any atom is -0.465 e. The van der Waals surface area contributed by atoms with Crippen molar-refractivity contribution in [2.24, 2.45) is 0 Å². The molecule has 1 saturated heterocycles. The molecule has 1 heterocycles. The van der Waals surface area contributed by atoms with Crippen LogP contribution in [0.15, 0.2) is 52.3 Å². The molecule has 1 aliphatic rings. The van der Waals surface area contributed by atoms with Gasteiger partial charge in [-0.1, -0.05) is 11.6 Å². The average molecular weight is 475 g/mol. The lowest BCUT2D eigenvalue weighted by atomic mass is 10.2. The number of benzene rings is 2. The molecule has 30 heavy (non-hydrogen) atoms. The van der Waals surface area contributed by atoms with Gasteiger partial charge < -0.3 is 9.47 Å². The molecule has 0 unspecified atom stereocenters. The van der Waals surface area contributed by atoms with Crippen molar-refractivity contribution in [3.05, 3.63) is 53.1 Å². The van der Waals surface area contributed by atoms with Crippen molar-refractivity contribution in [2.75, 3.05) is 38.1 Å². The molecule has 0 radical (unpaired) electrons. The van der Waals surface area contributed by atoms with E-state index >= 15 is 0 Å². The van der Waals surface area contributed by atoms with E-state index in [0.717, 1.165) is 0 Å². The van der Waals surface area contributed by atoms with Crippen LogP contribution in [0.2, 0.25) is 5.02 Å². The molecule has 1 fully saturated rings. The zero-order valence-electron chi connectivity index (χ0n) is 15.9. The summed E-state index contributed by atoms with van der Waals surface area (Å²) in [6.07, 6.45) is 0. The van der Waals surface area contributed by atoms with Gasteiger partial charge >= 0.3 is 5.97 Å². The quantitative estimate of drug-likeness (QED) is 0.635.